The smallest absolute Gasteiger partial charge is 0.0170 e. The van der Waals surface area contributed by atoms with Crippen molar-refractivity contribution in [3.63, 3.8) is 0 Å². The third kappa shape index (κ3) is 4.37. The molecule has 0 heterocycles. The van der Waals surface area contributed by atoms with Gasteiger partial charge < -0.3 is 0 Å². The average molecular weight is 137 g/mol. The second kappa shape index (κ2) is 6.60. The second-order valence-electron chi connectivity index (χ2n) is 2.22. The number of hydrogen-bond acceptors (Lipinski definition) is 0. The molecule has 0 heteroatoms. The highest BCUT2D eigenvalue weighted by atomic mass is 13.9. The van der Waals surface area contributed by atoms with E-state index in [0.717, 1.165) is 12.8 Å². The maximum absolute atomic E-state index is 2.17. The van der Waals surface area contributed by atoms with E-state index >= 15 is 0 Å². The van der Waals surface area contributed by atoms with Gasteiger partial charge in [-0.2, -0.15) is 0 Å². The molecule has 0 unspecified atom stereocenters. The van der Waals surface area contributed by atoms with E-state index in [9.17, 15) is 0 Å². The molecule has 0 amide bonds. The number of rotatable bonds is 4. The van der Waals surface area contributed by atoms with Crippen LogP contribution in [0.25, 0.3) is 0 Å². The normalized spacial score (nSPS) is 12.9. The summed E-state index contributed by atoms with van der Waals surface area (Å²) in [5.74, 6) is 0. The maximum Gasteiger partial charge on any atom is -0.0170 e. The predicted octanol–water partition coefficient (Wildman–Crippen LogP) is 3.51. The minimum absolute atomic E-state index is 1.12. The lowest BCUT2D eigenvalue weighted by molar-refractivity contribution is 1.12. The van der Waals surface area contributed by atoms with Crippen LogP contribution in [0.15, 0.2) is 23.8 Å². The summed E-state index contributed by atoms with van der Waals surface area (Å²) in [4.78, 5) is 0. The molecule has 0 aliphatic rings. The molecule has 0 fully saturated rings. The van der Waals surface area contributed by atoms with Gasteiger partial charge in [0.05, 0.1) is 0 Å². The van der Waals surface area contributed by atoms with Crippen molar-refractivity contribution in [2.24, 2.45) is 0 Å². The summed E-state index contributed by atoms with van der Waals surface area (Å²) in [5, 5.41) is 0. The Hall–Kier alpha value is -0.520. The summed E-state index contributed by atoms with van der Waals surface area (Å²) in [5.41, 5.74) is 1.41. The molecule has 0 aliphatic heterocycles. The zero-order chi connectivity index (χ0) is 7.82. The van der Waals surface area contributed by atoms with E-state index in [0.29, 0.717) is 0 Å². The van der Waals surface area contributed by atoms with Crippen molar-refractivity contribution in [2.45, 2.75) is 33.6 Å². The minimum atomic E-state index is 1.12. The van der Waals surface area contributed by atoms with Crippen molar-refractivity contribution >= 4 is 0 Å². The fourth-order valence-corrected chi connectivity index (χ4v) is 0.746. The van der Waals surface area contributed by atoms with Gasteiger partial charge in [-0.15, -0.1) is 0 Å². The molecule has 0 nitrogen and oxygen atoms in total. The van der Waals surface area contributed by atoms with Gasteiger partial charge in [-0.3, -0.25) is 0 Å². The van der Waals surface area contributed by atoms with Crippen molar-refractivity contribution in [1.29, 1.82) is 0 Å². The summed E-state index contributed by atoms with van der Waals surface area (Å²) in [6.07, 6.45) is 10.9. The Kier molecular flexibility index (Phi) is 6.25. The first-order valence-electron chi connectivity index (χ1n) is 4.00. The maximum atomic E-state index is 2.17. The van der Waals surface area contributed by atoms with E-state index < -0.39 is 0 Å². The molecule has 57 valence electrons. The molecule has 1 radical (unpaired) electrons. The van der Waals surface area contributed by atoms with Gasteiger partial charge in [-0.05, 0) is 26.2 Å². The fraction of sp³-hybridized carbons (Fsp3) is 0.500. The lowest BCUT2D eigenvalue weighted by atomic mass is 10.1. The summed E-state index contributed by atoms with van der Waals surface area (Å²) < 4.78 is 0. The Labute approximate surface area is 64.6 Å². The Morgan fingerprint density at radius 2 is 2.00 bits per heavy atom. The van der Waals surface area contributed by atoms with E-state index in [1.54, 1.807) is 0 Å². The van der Waals surface area contributed by atoms with E-state index in [2.05, 4.69) is 45.4 Å². The van der Waals surface area contributed by atoms with Crippen LogP contribution < -0.4 is 0 Å². The van der Waals surface area contributed by atoms with Gasteiger partial charge >= 0.3 is 0 Å². The monoisotopic (exact) mass is 137 g/mol. The average Bonchev–Trinajstić information content (AvgIpc) is 1.99. The standard InChI is InChI=1S/C10H17/c1-4-7-8-9-10(5-2)6-3/h5,7-9H,4,6H2,1-3H3. The molecule has 0 aromatic rings. The molecular weight excluding hydrogens is 120 g/mol. The van der Waals surface area contributed by atoms with Crippen LogP contribution >= 0.6 is 0 Å². The first-order valence-corrected chi connectivity index (χ1v) is 4.00. The number of allylic oxidation sites excluding steroid dienone is 4. The lowest BCUT2D eigenvalue weighted by Gasteiger charge is -1.92. The van der Waals surface area contributed by atoms with Crippen LogP contribution in [-0.4, -0.2) is 0 Å². The minimum Gasteiger partial charge on any atom is -0.0845 e. The van der Waals surface area contributed by atoms with Crippen LogP contribution in [0.4, 0.5) is 0 Å². The van der Waals surface area contributed by atoms with Crippen LogP contribution in [0.1, 0.15) is 33.6 Å². The first kappa shape index (κ1) is 9.48. The van der Waals surface area contributed by atoms with Gasteiger partial charge in [0.1, 0.15) is 0 Å². The molecule has 0 aromatic carbocycles. The zero-order valence-corrected chi connectivity index (χ0v) is 7.22. The zero-order valence-electron chi connectivity index (χ0n) is 7.22. The molecule has 0 saturated heterocycles. The van der Waals surface area contributed by atoms with E-state index in [1.165, 1.54) is 5.57 Å². The van der Waals surface area contributed by atoms with E-state index in [1.807, 2.05) is 0 Å². The molecule has 0 aromatic heterocycles. The van der Waals surface area contributed by atoms with Crippen LogP contribution in [0.5, 0.6) is 0 Å². The SMILES string of the molecule is CC=C(C=C[CH]CC)CC. The summed E-state index contributed by atoms with van der Waals surface area (Å²) >= 11 is 0. The third-order valence-corrected chi connectivity index (χ3v) is 1.46. The summed E-state index contributed by atoms with van der Waals surface area (Å²) in [6, 6.07) is 0. The van der Waals surface area contributed by atoms with E-state index in [4.69, 9.17) is 0 Å². The quantitative estimate of drug-likeness (QED) is 0.520. The molecule has 0 rings (SSSR count). The van der Waals surface area contributed by atoms with Gasteiger partial charge in [0, 0.05) is 0 Å². The van der Waals surface area contributed by atoms with Crippen LogP contribution in [0, 0.1) is 6.42 Å². The van der Waals surface area contributed by atoms with Crippen molar-refractivity contribution in [3.8, 4) is 0 Å². The highest BCUT2D eigenvalue weighted by molar-refractivity contribution is 5.19. The third-order valence-electron chi connectivity index (χ3n) is 1.46. The van der Waals surface area contributed by atoms with Gasteiger partial charge in [0.2, 0.25) is 0 Å². The highest BCUT2D eigenvalue weighted by Gasteiger charge is 1.82. The molecule has 0 aliphatic carbocycles. The molecular formula is C10H17. The molecule has 0 bridgehead atoms. The highest BCUT2D eigenvalue weighted by Crippen LogP contribution is 2.02. The molecule has 0 N–H and O–H groups in total. The van der Waals surface area contributed by atoms with Crippen LogP contribution in [-0.2, 0) is 0 Å². The van der Waals surface area contributed by atoms with Crippen molar-refractivity contribution in [3.05, 3.63) is 30.2 Å². The Morgan fingerprint density at radius 1 is 1.30 bits per heavy atom. The molecule has 0 atom stereocenters. The molecule has 0 saturated carbocycles. The molecule has 10 heavy (non-hydrogen) atoms. The Balaban J connectivity index is 3.63. The second-order valence-corrected chi connectivity index (χ2v) is 2.22. The topological polar surface area (TPSA) is 0 Å². The lowest BCUT2D eigenvalue weighted by Crippen LogP contribution is -1.72. The molecule has 0 spiro atoms. The van der Waals surface area contributed by atoms with Crippen molar-refractivity contribution < 1.29 is 0 Å². The first-order chi connectivity index (χ1) is 4.85. The van der Waals surface area contributed by atoms with Gasteiger partial charge in [0.15, 0.2) is 0 Å². The fourth-order valence-electron chi connectivity index (χ4n) is 0.746. The Bertz CT molecular complexity index is 118. The summed E-state index contributed by atoms with van der Waals surface area (Å²) in [6.45, 7) is 6.40. The summed E-state index contributed by atoms with van der Waals surface area (Å²) in [7, 11) is 0. The predicted molar refractivity (Wildman–Crippen MR) is 47.8 cm³/mol. The largest absolute Gasteiger partial charge is 0.0845 e. The van der Waals surface area contributed by atoms with Crippen LogP contribution in [0.3, 0.4) is 0 Å². The Morgan fingerprint density at radius 3 is 2.40 bits per heavy atom. The van der Waals surface area contributed by atoms with E-state index in [-0.39, 0.29) is 0 Å². The van der Waals surface area contributed by atoms with Gasteiger partial charge in [-0.1, -0.05) is 37.6 Å². The van der Waals surface area contributed by atoms with Gasteiger partial charge in [-0.25, -0.2) is 0 Å². The number of hydrogen-bond donors (Lipinski definition) is 0. The number of unbranched alkanes of at least 4 members (excludes halogenated alkanes) is 1. The van der Waals surface area contributed by atoms with Crippen molar-refractivity contribution in [1.82, 2.24) is 0 Å². The van der Waals surface area contributed by atoms with Gasteiger partial charge in [0.25, 0.3) is 0 Å². The van der Waals surface area contributed by atoms with Crippen LogP contribution in [0.2, 0.25) is 0 Å². The van der Waals surface area contributed by atoms with Crippen molar-refractivity contribution in [2.75, 3.05) is 0 Å².